The molecule has 0 unspecified atom stereocenters. The first-order chi connectivity index (χ1) is 8.36. The van der Waals surface area contributed by atoms with Gasteiger partial charge in [-0.1, -0.05) is 6.92 Å². The summed E-state index contributed by atoms with van der Waals surface area (Å²) >= 11 is 0. The Morgan fingerprint density at radius 2 is 2.11 bits per heavy atom. The van der Waals surface area contributed by atoms with Crippen molar-refractivity contribution < 1.29 is 9.53 Å². The van der Waals surface area contributed by atoms with E-state index in [1.165, 1.54) is 0 Å². The van der Waals surface area contributed by atoms with Crippen molar-refractivity contribution in [1.29, 1.82) is 0 Å². The Labute approximate surface area is 108 Å². The second-order valence-electron chi connectivity index (χ2n) is 5.42. The predicted molar refractivity (Wildman–Crippen MR) is 72.9 cm³/mol. The Bertz CT molecular complexity index is 495. The van der Waals surface area contributed by atoms with Gasteiger partial charge in [-0.25, -0.2) is 0 Å². The first-order valence-corrected chi connectivity index (χ1v) is 6.20. The number of ether oxygens (including phenoxy) is 1. The second kappa shape index (κ2) is 4.19. The summed E-state index contributed by atoms with van der Waals surface area (Å²) < 4.78 is 5.86. The van der Waals surface area contributed by atoms with Crippen LogP contribution in [0.2, 0.25) is 0 Å². The zero-order chi connectivity index (χ0) is 13.5. The number of anilines is 2. The van der Waals surface area contributed by atoms with Crippen molar-refractivity contribution in [3.05, 3.63) is 17.7 Å². The Morgan fingerprint density at radius 1 is 1.44 bits per heavy atom. The Balaban J connectivity index is 2.60. The molecule has 1 aromatic carbocycles. The number of benzene rings is 1. The van der Waals surface area contributed by atoms with Gasteiger partial charge in [0.05, 0.1) is 11.1 Å². The normalized spacial score (nSPS) is 18.0. The van der Waals surface area contributed by atoms with Gasteiger partial charge in [0.25, 0.3) is 0 Å². The number of hydrogen-bond donors (Lipinski definition) is 1. The first kappa shape index (κ1) is 12.7. The van der Waals surface area contributed by atoms with Crippen molar-refractivity contribution in [2.24, 2.45) is 5.41 Å². The van der Waals surface area contributed by atoms with Crippen LogP contribution in [0.15, 0.2) is 12.1 Å². The molecule has 4 heteroatoms. The molecule has 0 saturated heterocycles. The van der Waals surface area contributed by atoms with Crippen molar-refractivity contribution in [3.63, 3.8) is 0 Å². The van der Waals surface area contributed by atoms with Gasteiger partial charge < -0.3 is 15.4 Å². The van der Waals surface area contributed by atoms with Gasteiger partial charge in [-0.3, -0.25) is 4.79 Å². The van der Waals surface area contributed by atoms with Crippen molar-refractivity contribution in [2.75, 3.05) is 24.3 Å². The third-order valence-corrected chi connectivity index (χ3v) is 3.37. The third-order valence-electron chi connectivity index (χ3n) is 3.37. The van der Waals surface area contributed by atoms with Crippen LogP contribution in [0.3, 0.4) is 0 Å². The fourth-order valence-corrected chi connectivity index (χ4v) is 2.25. The number of hydrogen-bond acceptors (Lipinski definition) is 3. The zero-order valence-corrected chi connectivity index (χ0v) is 11.4. The maximum Gasteiger partial charge on any atom is 0.235 e. The number of carbonyl (C=O) groups is 1. The molecule has 0 fully saturated rings. The van der Waals surface area contributed by atoms with Gasteiger partial charge in [0.2, 0.25) is 5.91 Å². The number of nitrogens with zero attached hydrogens (tertiary/aromatic N) is 1. The molecule has 1 aromatic rings. The van der Waals surface area contributed by atoms with E-state index >= 15 is 0 Å². The van der Waals surface area contributed by atoms with Crippen molar-refractivity contribution in [3.8, 4) is 5.75 Å². The van der Waals surface area contributed by atoms with Crippen LogP contribution >= 0.6 is 0 Å². The number of nitrogen functional groups attached to an aromatic ring is 1. The summed E-state index contributed by atoms with van der Waals surface area (Å²) in [5.41, 5.74) is 7.84. The monoisotopic (exact) mass is 248 g/mol. The number of amides is 1. The molecule has 0 radical (unpaired) electrons. The van der Waals surface area contributed by atoms with Crippen LogP contribution in [0.4, 0.5) is 11.4 Å². The van der Waals surface area contributed by atoms with Gasteiger partial charge >= 0.3 is 0 Å². The predicted octanol–water partition coefficient (Wildman–Crippen LogP) is 2.21. The number of fused-ring (bicyclic) bond motifs is 1. The summed E-state index contributed by atoms with van der Waals surface area (Å²) in [5.74, 6) is 0.835. The van der Waals surface area contributed by atoms with Crippen LogP contribution in [0.25, 0.3) is 0 Å². The molecule has 0 aliphatic carbocycles. The summed E-state index contributed by atoms with van der Waals surface area (Å²) in [6.07, 6.45) is 0.829. The van der Waals surface area contributed by atoms with E-state index in [0.29, 0.717) is 12.3 Å². The van der Waals surface area contributed by atoms with Crippen molar-refractivity contribution in [1.82, 2.24) is 0 Å². The standard InChI is InChI=1S/C14H20N2O2/c1-5-9-6-10(15)7-11-12(9)18-8-14(2,3)13(17)16(11)4/h6-7H,5,8,15H2,1-4H3. The van der Waals surface area contributed by atoms with Crippen LogP contribution in [0, 0.1) is 5.41 Å². The smallest absolute Gasteiger partial charge is 0.235 e. The van der Waals surface area contributed by atoms with Gasteiger partial charge in [0, 0.05) is 12.7 Å². The molecule has 18 heavy (non-hydrogen) atoms. The van der Waals surface area contributed by atoms with Gasteiger partial charge in [0.1, 0.15) is 12.4 Å². The number of nitrogens with two attached hydrogens (primary N) is 1. The molecule has 0 aromatic heterocycles. The third kappa shape index (κ3) is 1.92. The van der Waals surface area contributed by atoms with E-state index in [2.05, 4.69) is 6.92 Å². The molecule has 4 nitrogen and oxygen atoms in total. The average Bonchev–Trinajstić information content (AvgIpc) is 2.40. The summed E-state index contributed by atoms with van der Waals surface area (Å²) in [5, 5.41) is 0. The highest BCUT2D eigenvalue weighted by Crippen LogP contribution is 2.39. The summed E-state index contributed by atoms with van der Waals surface area (Å²) in [7, 11) is 1.77. The van der Waals surface area contributed by atoms with Crippen LogP contribution < -0.4 is 15.4 Å². The molecule has 2 rings (SSSR count). The van der Waals surface area contributed by atoms with E-state index in [0.717, 1.165) is 23.4 Å². The van der Waals surface area contributed by atoms with Gasteiger partial charge in [-0.15, -0.1) is 0 Å². The number of rotatable bonds is 1. The molecule has 0 atom stereocenters. The minimum Gasteiger partial charge on any atom is -0.490 e. The van der Waals surface area contributed by atoms with E-state index in [4.69, 9.17) is 10.5 Å². The lowest BCUT2D eigenvalue weighted by Gasteiger charge is -2.24. The van der Waals surface area contributed by atoms with Crippen LogP contribution in [0.5, 0.6) is 5.75 Å². The molecule has 0 spiro atoms. The van der Waals surface area contributed by atoms with Crippen LogP contribution in [-0.2, 0) is 11.2 Å². The summed E-state index contributed by atoms with van der Waals surface area (Å²) in [6.45, 7) is 6.23. The molecule has 1 aliphatic heterocycles. The lowest BCUT2D eigenvalue weighted by molar-refractivity contribution is -0.127. The van der Waals surface area contributed by atoms with Gasteiger partial charge in [0.15, 0.2) is 0 Å². The summed E-state index contributed by atoms with van der Waals surface area (Å²) in [4.78, 5) is 14.0. The first-order valence-electron chi connectivity index (χ1n) is 6.20. The van der Waals surface area contributed by atoms with E-state index in [-0.39, 0.29) is 5.91 Å². The Hall–Kier alpha value is -1.71. The SMILES string of the molecule is CCc1cc(N)cc2c1OCC(C)(C)C(=O)N2C. The largest absolute Gasteiger partial charge is 0.490 e. The maximum atomic E-state index is 12.3. The van der Waals surface area contributed by atoms with Gasteiger partial charge in [-0.2, -0.15) is 0 Å². The lowest BCUT2D eigenvalue weighted by Crippen LogP contribution is -2.39. The number of aryl methyl sites for hydroxylation is 1. The maximum absolute atomic E-state index is 12.3. The fraction of sp³-hybridized carbons (Fsp3) is 0.500. The highest BCUT2D eigenvalue weighted by Gasteiger charge is 2.36. The van der Waals surface area contributed by atoms with Crippen LogP contribution in [0.1, 0.15) is 26.3 Å². The van der Waals surface area contributed by atoms with Crippen molar-refractivity contribution >= 4 is 17.3 Å². The average molecular weight is 248 g/mol. The lowest BCUT2D eigenvalue weighted by atomic mass is 9.93. The second-order valence-corrected chi connectivity index (χ2v) is 5.42. The molecule has 1 aliphatic rings. The van der Waals surface area contributed by atoms with E-state index in [1.54, 1.807) is 18.0 Å². The topological polar surface area (TPSA) is 55.6 Å². The Kier molecular flexibility index (Phi) is 2.97. The highest BCUT2D eigenvalue weighted by molar-refractivity contribution is 5.99. The minimum absolute atomic E-state index is 0.0499. The highest BCUT2D eigenvalue weighted by atomic mass is 16.5. The molecule has 1 heterocycles. The minimum atomic E-state index is -0.520. The quantitative estimate of drug-likeness (QED) is 0.775. The molecule has 2 N–H and O–H groups in total. The van der Waals surface area contributed by atoms with E-state index in [1.807, 2.05) is 19.9 Å². The Morgan fingerprint density at radius 3 is 2.72 bits per heavy atom. The molecular weight excluding hydrogens is 228 g/mol. The molecule has 0 saturated carbocycles. The van der Waals surface area contributed by atoms with Gasteiger partial charge in [-0.05, 0) is 38.0 Å². The molecular formula is C14H20N2O2. The molecule has 1 amide bonds. The molecule has 98 valence electrons. The molecule has 0 bridgehead atoms. The van der Waals surface area contributed by atoms with E-state index in [9.17, 15) is 4.79 Å². The summed E-state index contributed by atoms with van der Waals surface area (Å²) in [6, 6.07) is 3.71. The van der Waals surface area contributed by atoms with E-state index < -0.39 is 5.41 Å². The fourth-order valence-electron chi connectivity index (χ4n) is 2.25. The zero-order valence-electron chi connectivity index (χ0n) is 11.4. The van der Waals surface area contributed by atoms with Crippen LogP contribution in [-0.4, -0.2) is 19.6 Å². The van der Waals surface area contributed by atoms with Crippen molar-refractivity contribution in [2.45, 2.75) is 27.2 Å². The number of carbonyl (C=O) groups excluding carboxylic acids is 1.